The van der Waals surface area contributed by atoms with Gasteiger partial charge in [0.15, 0.2) is 6.04 Å². The number of hydrogen-bond donors (Lipinski definition) is 0. The Labute approximate surface area is 199 Å². The SMILES string of the molecule is CCOC(=O)[C@H](Cc1ccc(-c2ccc(F)cc2)cc1)N=C(c1ccccc1)c1ccccc1. The summed E-state index contributed by atoms with van der Waals surface area (Å²) >= 11 is 0. The van der Waals surface area contributed by atoms with Crippen molar-refractivity contribution < 1.29 is 13.9 Å². The smallest absolute Gasteiger partial charge is 0.331 e. The van der Waals surface area contributed by atoms with Gasteiger partial charge < -0.3 is 4.74 Å². The molecule has 0 unspecified atom stereocenters. The maximum absolute atomic E-state index is 13.2. The topological polar surface area (TPSA) is 38.7 Å². The zero-order valence-corrected chi connectivity index (χ0v) is 19.0. The van der Waals surface area contributed by atoms with Gasteiger partial charge in [0.05, 0.1) is 12.3 Å². The third-order valence-corrected chi connectivity index (χ3v) is 5.50. The number of ether oxygens (including phenoxy) is 1. The van der Waals surface area contributed by atoms with Gasteiger partial charge in [0.2, 0.25) is 0 Å². The van der Waals surface area contributed by atoms with Crippen LogP contribution in [0.4, 0.5) is 4.39 Å². The molecule has 4 aromatic carbocycles. The third kappa shape index (κ3) is 5.84. The van der Waals surface area contributed by atoms with E-state index in [1.54, 1.807) is 19.1 Å². The van der Waals surface area contributed by atoms with Crippen molar-refractivity contribution in [3.63, 3.8) is 0 Å². The first-order valence-corrected chi connectivity index (χ1v) is 11.3. The third-order valence-electron chi connectivity index (χ3n) is 5.50. The summed E-state index contributed by atoms with van der Waals surface area (Å²) in [7, 11) is 0. The van der Waals surface area contributed by atoms with Crippen LogP contribution in [-0.2, 0) is 16.0 Å². The van der Waals surface area contributed by atoms with Gasteiger partial charge in [-0.15, -0.1) is 0 Å². The number of benzene rings is 4. The molecule has 0 saturated carbocycles. The van der Waals surface area contributed by atoms with Crippen LogP contribution >= 0.6 is 0 Å². The number of halogens is 1. The molecule has 0 spiro atoms. The summed E-state index contributed by atoms with van der Waals surface area (Å²) in [6, 6.07) is 33.3. The standard InChI is InChI=1S/C30H26FNO2/c1-2-34-30(33)28(21-22-13-15-23(16-14-22)24-17-19-27(31)20-18-24)32-29(25-9-5-3-6-10-25)26-11-7-4-8-12-26/h3-20,28H,2,21H2,1H3/t28-/m0/s1. The van der Waals surface area contributed by atoms with Crippen LogP contribution in [0.1, 0.15) is 23.6 Å². The molecule has 0 bridgehead atoms. The second-order valence-corrected chi connectivity index (χ2v) is 7.89. The van der Waals surface area contributed by atoms with Gasteiger partial charge in [-0.2, -0.15) is 0 Å². The molecule has 0 aliphatic heterocycles. The quantitative estimate of drug-likeness (QED) is 0.226. The molecule has 4 heteroatoms. The Bertz CT molecular complexity index is 1190. The van der Waals surface area contributed by atoms with E-state index in [-0.39, 0.29) is 11.8 Å². The van der Waals surface area contributed by atoms with E-state index in [0.29, 0.717) is 13.0 Å². The maximum Gasteiger partial charge on any atom is 0.331 e. The Morgan fingerprint density at radius 3 is 1.76 bits per heavy atom. The minimum atomic E-state index is -0.688. The number of nitrogens with zero attached hydrogens (tertiary/aromatic N) is 1. The number of aliphatic imine (C=N–C) groups is 1. The summed E-state index contributed by atoms with van der Waals surface area (Å²) < 4.78 is 18.6. The van der Waals surface area contributed by atoms with E-state index >= 15 is 0 Å². The number of carbonyl (C=O) groups is 1. The van der Waals surface area contributed by atoms with Gasteiger partial charge in [-0.25, -0.2) is 9.18 Å². The van der Waals surface area contributed by atoms with E-state index in [1.807, 2.05) is 84.9 Å². The van der Waals surface area contributed by atoms with Crippen LogP contribution < -0.4 is 0 Å². The van der Waals surface area contributed by atoms with Gasteiger partial charge in [0, 0.05) is 17.5 Å². The lowest BCUT2D eigenvalue weighted by molar-refractivity contribution is -0.144. The Balaban J connectivity index is 1.66. The van der Waals surface area contributed by atoms with Crippen LogP contribution in [-0.4, -0.2) is 24.3 Å². The van der Waals surface area contributed by atoms with Crippen molar-refractivity contribution in [3.8, 4) is 11.1 Å². The molecule has 0 aromatic heterocycles. The minimum Gasteiger partial charge on any atom is -0.464 e. The molecule has 0 saturated heterocycles. The summed E-state index contributed by atoms with van der Waals surface area (Å²) in [5.74, 6) is -0.613. The lowest BCUT2D eigenvalue weighted by atomic mass is 9.99. The highest BCUT2D eigenvalue weighted by Crippen LogP contribution is 2.22. The molecule has 4 aromatic rings. The Morgan fingerprint density at radius 2 is 1.26 bits per heavy atom. The second kappa shape index (κ2) is 11.2. The lowest BCUT2D eigenvalue weighted by Crippen LogP contribution is -2.26. The minimum absolute atomic E-state index is 0.261. The van der Waals surface area contributed by atoms with Crippen LogP contribution in [0, 0.1) is 5.82 Å². The summed E-state index contributed by atoms with van der Waals surface area (Å²) in [5, 5.41) is 0. The van der Waals surface area contributed by atoms with Crippen LogP contribution in [0.2, 0.25) is 0 Å². The maximum atomic E-state index is 13.2. The zero-order chi connectivity index (χ0) is 23.8. The predicted octanol–water partition coefficient (Wildman–Crippen LogP) is 6.50. The van der Waals surface area contributed by atoms with Gasteiger partial charge in [-0.05, 0) is 35.7 Å². The van der Waals surface area contributed by atoms with Gasteiger partial charge in [-0.1, -0.05) is 97.1 Å². The summed E-state index contributed by atoms with van der Waals surface area (Å²) in [6.07, 6.45) is 0.408. The number of carbonyl (C=O) groups excluding carboxylic acids is 1. The van der Waals surface area contributed by atoms with E-state index in [1.165, 1.54) is 12.1 Å². The fourth-order valence-electron chi connectivity index (χ4n) is 3.78. The van der Waals surface area contributed by atoms with Gasteiger partial charge in [-0.3, -0.25) is 4.99 Å². The average molecular weight is 452 g/mol. The molecule has 0 heterocycles. The fourth-order valence-corrected chi connectivity index (χ4v) is 3.78. The van der Waals surface area contributed by atoms with E-state index in [9.17, 15) is 9.18 Å². The predicted molar refractivity (Wildman–Crippen MR) is 134 cm³/mol. The molecule has 3 nitrogen and oxygen atoms in total. The number of esters is 1. The van der Waals surface area contributed by atoms with Crippen molar-refractivity contribution in [1.29, 1.82) is 0 Å². The Morgan fingerprint density at radius 1 is 0.765 bits per heavy atom. The van der Waals surface area contributed by atoms with Crippen molar-refractivity contribution in [3.05, 3.63) is 132 Å². The molecule has 4 rings (SSSR count). The fraction of sp³-hybridized carbons (Fsp3) is 0.133. The molecule has 1 atom stereocenters. The molecule has 0 radical (unpaired) electrons. The number of rotatable bonds is 8. The zero-order valence-electron chi connectivity index (χ0n) is 19.0. The highest BCUT2D eigenvalue weighted by Gasteiger charge is 2.21. The molecule has 0 amide bonds. The van der Waals surface area contributed by atoms with Crippen molar-refractivity contribution in [1.82, 2.24) is 0 Å². The summed E-state index contributed by atoms with van der Waals surface area (Å²) in [6.45, 7) is 2.09. The second-order valence-electron chi connectivity index (χ2n) is 7.89. The molecule has 0 N–H and O–H groups in total. The normalized spacial score (nSPS) is 11.5. The van der Waals surface area contributed by atoms with Gasteiger partial charge in [0.1, 0.15) is 5.82 Å². The van der Waals surface area contributed by atoms with Gasteiger partial charge in [0.25, 0.3) is 0 Å². The van der Waals surface area contributed by atoms with Crippen molar-refractivity contribution in [2.24, 2.45) is 4.99 Å². The van der Waals surface area contributed by atoms with Crippen molar-refractivity contribution in [2.75, 3.05) is 6.61 Å². The molecule has 34 heavy (non-hydrogen) atoms. The van der Waals surface area contributed by atoms with E-state index < -0.39 is 6.04 Å². The first-order valence-electron chi connectivity index (χ1n) is 11.3. The van der Waals surface area contributed by atoms with E-state index in [2.05, 4.69) is 0 Å². The van der Waals surface area contributed by atoms with E-state index in [0.717, 1.165) is 33.5 Å². The van der Waals surface area contributed by atoms with Crippen molar-refractivity contribution in [2.45, 2.75) is 19.4 Å². The monoisotopic (exact) mass is 451 g/mol. The lowest BCUT2D eigenvalue weighted by Gasteiger charge is -2.16. The highest BCUT2D eigenvalue weighted by molar-refractivity contribution is 6.13. The largest absolute Gasteiger partial charge is 0.464 e. The highest BCUT2D eigenvalue weighted by atomic mass is 19.1. The molecule has 0 aliphatic rings. The van der Waals surface area contributed by atoms with Crippen LogP contribution in [0.25, 0.3) is 11.1 Å². The molecule has 170 valence electrons. The summed E-state index contributed by atoms with van der Waals surface area (Å²) in [5.41, 5.74) is 5.51. The molecule has 0 aliphatic carbocycles. The Hall–Kier alpha value is -4.05. The van der Waals surface area contributed by atoms with Crippen LogP contribution in [0.15, 0.2) is 114 Å². The number of hydrogen-bond acceptors (Lipinski definition) is 3. The van der Waals surface area contributed by atoms with Gasteiger partial charge >= 0.3 is 5.97 Å². The first-order chi connectivity index (χ1) is 16.6. The molecular formula is C30H26FNO2. The summed E-state index contributed by atoms with van der Waals surface area (Å²) in [4.78, 5) is 17.8. The van der Waals surface area contributed by atoms with Crippen molar-refractivity contribution >= 4 is 11.7 Å². The average Bonchev–Trinajstić information content (AvgIpc) is 2.88. The van der Waals surface area contributed by atoms with Crippen LogP contribution in [0.5, 0.6) is 0 Å². The molecule has 0 fully saturated rings. The van der Waals surface area contributed by atoms with Crippen LogP contribution in [0.3, 0.4) is 0 Å². The Kier molecular flexibility index (Phi) is 7.61. The first kappa shape index (κ1) is 23.1. The van der Waals surface area contributed by atoms with E-state index in [4.69, 9.17) is 9.73 Å². The molecular weight excluding hydrogens is 425 g/mol.